The van der Waals surface area contributed by atoms with Crippen LogP contribution in [0.15, 0.2) is 37.2 Å². The highest BCUT2D eigenvalue weighted by Gasteiger charge is 2.39. The molecule has 0 aliphatic carbocycles. The lowest BCUT2D eigenvalue weighted by atomic mass is 10.0. The van der Waals surface area contributed by atoms with Gasteiger partial charge in [0.2, 0.25) is 0 Å². The third-order valence-corrected chi connectivity index (χ3v) is 4.50. The van der Waals surface area contributed by atoms with Gasteiger partial charge in [-0.1, -0.05) is 12.1 Å². The summed E-state index contributed by atoms with van der Waals surface area (Å²) in [6.45, 7) is 7.23. The second-order valence-electron chi connectivity index (χ2n) is 5.84. The fraction of sp³-hybridized carbons (Fsp3) is 0.588. The number of ether oxygens (including phenoxy) is 2. The first-order valence-corrected chi connectivity index (χ1v) is 7.83. The molecule has 4 heteroatoms. The maximum Gasteiger partial charge on any atom is 0.0750 e. The molecule has 0 radical (unpaired) electrons. The summed E-state index contributed by atoms with van der Waals surface area (Å²) in [6, 6.07) is 5.12. The number of nitrogens with zero attached hydrogens (tertiary/aromatic N) is 2. The smallest absolute Gasteiger partial charge is 0.0750 e. The Balaban J connectivity index is 1.72. The molecule has 0 spiro atoms. The van der Waals surface area contributed by atoms with Crippen molar-refractivity contribution in [1.29, 1.82) is 0 Å². The lowest BCUT2D eigenvalue weighted by Crippen LogP contribution is -2.44. The first-order valence-electron chi connectivity index (χ1n) is 7.83. The normalized spacial score (nSPS) is 29.8. The summed E-state index contributed by atoms with van der Waals surface area (Å²) in [7, 11) is 0. The topological polar surface area (TPSA) is 34.6 Å². The van der Waals surface area contributed by atoms with E-state index in [9.17, 15) is 0 Å². The molecule has 0 unspecified atom stereocenters. The highest BCUT2D eigenvalue weighted by atomic mass is 16.5. The van der Waals surface area contributed by atoms with Crippen molar-refractivity contribution in [2.24, 2.45) is 0 Å². The monoisotopic (exact) mass is 288 g/mol. The molecule has 1 aromatic rings. The molecule has 0 aromatic carbocycles. The highest BCUT2D eigenvalue weighted by Crippen LogP contribution is 2.29. The number of rotatable bonds is 6. The van der Waals surface area contributed by atoms with Gasteiger partial charge in [0.05, 0.1) is 19.3 Å². The molecule has 2 fully saturated rings. The van der Waals surface area contributed by atoms with Crippen LogP contribution in [-0.4, -0.2) is 54.4 Å². The number of likely N-dealkylation sites (tertiary alicyclic amines) is 1. The Morgan fingerprint density at radius 2 is 2.43 bits per heavy atom. The van der Waals surface area contributed by atoms with E-state index in [1.165, 1.54) is 5.56 Å². The van der Waals surface area contributed by atoms with E-state index >= 15 is 0 Å². The van der Waals surface area contributed by atoms with Gasteiger partial charge in [0.1, 0.15) is 0 Å². The molecule has 21 heavy (non-hydrogen) atoms. The molecular weight excluding hydrogens is 264 g/mol. The van der Waals surface area contributed by atoms with Crippen LogP contribution in [0.3, 0.4) is 0 Å². The van der Waals surface area contributed by atoms with E-state index in [-0.39, 0.29) is 6.10 Å². The molecule has 114 valence electrons. The SMILES string of the molecule is C=CCO[C@H]1CCN([C@@H]2CCOC2)[C@H]1Cc1cccnc1. The standard InChI is InChI=1S/C17H24N2O2/c1-2-9-21-17-5-8-19(15-6-10-20-13-15)16(17)11-14-4-3-7-18-12-14/h2-4,7,12,15-17H,1,5-6,8-11,13H2/t15-,16+,17+/m1/s1. The van der Waals surface area contributed by atoms with Crippen molar-refractivity contribution < 1.29 is 9.47 Å². The maximum atomic E-state index is 6.01. The summed E-state index contributed by atoms with van der Waals surface area (Å²) in [5.74, 6) is 0. The molecule has 4 nitrogen and oxygen atoms in total. The van der Waals surface area contributed by atoms with Crippen LogP contribution in [0.2, 0.25) is 0 Å². The van der Waals surface area contributed by atoms with E-state index in [1.54, 1.807) is 0 Å². The minimum atomic E-state index is 0.281. The zero-order valence-electron chi connectivity index (χ0n) is 12.5. The summed E-state index contributed by atoms with van der Waals surface area (Å²) in [5, 5.41) is 0. The maximum absolute atomic E-state index is 6.01. The van der Waals surface area contributed by atoms with Crippen molar-refractivity contribution in [1.82, 2.24) is 9.88 Å². The Morgan fingerprint density at radius 3 is 3.14 bits per heavy atom. The van der Waals surface area contributed by atoms with E-state index in [0.29, 0.717) is 18.7 Å². The van der Waals surface area contributed by atoms with Crippen LogP contribution in [-0.2, 0) is 15.9 Å². The first-order chi connectivity index (χ1) is 10.4. The molecular formula is C17H24N2O2. The molecule has 0 N–H and O–H groups in total. The van der Waals surface area contributed by atoms with Crippen LogP contribution < -0.4 is 0 Å². The van der Waals surface area contributed by atoms with E-state index in [1.807, 2.05) is 24.5 Å². The van der Waals surface area contributed by atoms with Gasteiger partial charge in [0.15, 0.2) is 0 Å². The van der Waals surface area contributed by atoms with Crippen LogP contribution in [0, 0.1) is 0 Å². The fourth-order valence-corrected chi connectivity index (χ4v) is 3.48. The number of hydrogen-bond acceptors (Lipinski definition) is 4. The Labute approximate surface area is 126 Å². The highest BCUT2D eigenvalue weighted by molar-refractivity contribution is 5.12. The minimum absolute atomic E-state index is 0.281. The summed E-state index contributed by atoms with van der Waals surface area (Å²) in [6.07, 6.45) is 9.13. The van der Waals surface area contributed by atoms with E-state index in [4.69, 9.17) is 9.47 Å². The average Bonchev–Trinajstić information content (AvgIpc) is 3.16. The van der Waals surface area contributed by atoms with Gasteiger partial charge in [-0.25, -0.2) is 0 Å². The number of hydrogen-bond donors (Lipinski definition) is 0. The van der Waals surface area contributed by atoms with Gasteiger partial charge in [0, 0.05) is 37.6 Å². The molecule has 1 aromatic heterocycles. The molecule has 0 saturated carbocycles. The predicted molar refractivity (Wildman–Crippen MR) is 82.2 cm³/mol. The van der Waals surface area contributed by atoms with Gasteiger partial charge in [-0.3, -0.25) is 9.88 Å². The second kappa shape index (κ2) is 7.16. The Hall–Kier alpha value is -1.23. The van der Waals surface area contributed by atoms with Gasteiger partial charge in [-0.15, -0.1) is 6.58 Å². The zero-order chi connectivity index (χ0) is 14.5. The molecule has 3 rings (SSSR count). The van der Waals surface area contributed by atoms with Crippen LogP contribution in [0.1, 0.15) is 18.4 Å². The quantitative estimate of drug-likeness (QED) is 0.751. The Kier molecular flexibility index (Phi) is 5.01. The summed E-state index contributed by atoms with van der Waals surface area (Å²) < 4.78 is 11.6. The number of aromatic nitrogens is 1. The van der Waals surface area contributed by atoms with Crippen LogP contribution in [0.5, 0.6) is 0 Å². The van der Waals surface area contributed by atoms with Gasteiger partial charge < -0.3 is 9.47 Å². The lowest BCUT2D eigenvalue weighted by Gasteiger charge is -2.32. The van der Waals surface area contributed by atoms with Crippen molar-refractivity contribution in [3.63, 3.8) is 0 Å². The van der Waals surface area contributed by atoms with Gasteiger partial charge in [0.25, 0.3) is 0 Å². The fourth-order valence-electron chi connectivity index (χ4n) is 3.48. The van der Waals surface area contributed by atoms with E-state index < -0.39 is 0 Å². The van der Waals surface area contributed by atoms with Gasteiger partial charge >= 0.3 is 0 Å². The van der Waals surface area contributed by atoms with Crippen molar-refractivity contribution in [3.05, 3.63) is 42.7 Å². The Bertz CT molecular complexity index is 445. The summed E-state index contributed by atoms with van der Waals surface area (Å²) >= 11 is 0. The second-order valence-corrected chi connectivity index (χ2v) is 5.84. The molecule has 3 heterocycles. The largest absolute Gasteiger partial charge is 0.380 e. The average molecular weight is 288 g/mol. The molecule has 2 saturated heterocycles. The third-order valence-electron chi connectivity index (χ3n) is 4.50. The van der Waals surface area contributed by atoms with Crippen LogP contribution in [0.4, 0.5) is 0 Å². The van der Waals surface area contributed by atoms with Crippen molar-refractivity contribution >= 4 is 0 Å². The third kappa shape index (κ3) is 3.51. The van der Waals surface area contributed by atoms with Crippen molar-refractivity contribution in [2.75, 3.05) is 26.4 Å². The first kappa shape index (κ1) is 14.7. The molecule has 0 bridgehead atoms. The summed E-state index contributed by atoms with van der Waals surface area (Å²) in [4.78, 5) is 6.83. The number of pyridine rings is 1. The molecule has 2 aliphatic rings. The zero-order valence-corrected chi connectivity index (χ0v) is 12.5. The van der Waals surface area contributed by atoms with Gasteiger partial charge in [-0.05, 0) is 30.9 Å². The van der Waals surface area contributed by atoms with Gasteiger partial charge in [-0.2, -0.15) is 0 Å². The Morgan fingerprint density at radius 1 is 1.48 bits per heavy atom. The predicted octanol–water partition coefficient (Wildman–Crippen LogP) is 2.06. The van der Waals surface area contributed by atoms with Crippen molar-refractivity contribution in [2.45, 2.75) is 37.5 Å². The molecule has 3 atom stereocenters. The minimum Gasteiger partial charge on any atom is -0.380 e. The molecule has 0 amide bonds. The lowest BCUT2D eigenvalue weighted by molar-refractivity contribution is 0.0317. The van der Waals surface area contributed by atoms with Crippen LogP contribution in [0.25, 0.3) is 0 Å². The van der Waals surface area contributed by atoms with Crippen LogP contribution >= 0.6 is 0 Å². The van der Waals surface area contributed by atoms with E-state index in [2.05, 4.69) is 22.5 Å². The molecule has 2 aliphatic heterocycles. The van der Waals surface area contributed by atoms with E-state index in [0.717, 1.165) is 39.0 Å². The van der Waals surface area contributed by atoms with Crippen molar-refractivity contribution in [3.8, 4) is 0 Å². The summed E-state index contributed by atoms with van der Waals surface area (Å²) in [5.41, 5.74) is 1.28.